The maximum Gasteiger partial charge on any atom is 0.325 e. The van der Waals surface area contributed by atoms with Gasteiger partial charge in [-0.05, 0) is 67.5 Å². The molecule has 0 bridgehead atoms. The fraction of sp³-hybridized carbons (Fsp3) is 0.455. The molecule has 2 aromatic carbocycles. The van der Waals surface area contributed by atoms with E-state index in [0.29, 0.717) is 19.5 Å². The van der Waals surface area contributed by atoms with Crippen molar-refractivity contribution in [3.05, 3.63) is 69.4 Å². The highest BCUT2D eigenvalue weighted by Gasteiger charge is 2.12. The lowest BCUT2D eigenvalue weighted by Crippen LogP contribution is -2.16. The molecule has 0 aliphatic heterocycles. The molecule has 2 aromatic rings. The molecule has 0 spiro atoms. The van der Waals surface area contributed by atoms with E-state index in [2.05, 4.69) is 45.5 Å². The smallest absolute Gasteiger partial charge is 0.324 e. The number of nitrogens with one attached hydrogen (secondary N) is 1. The molecular weight excluding hydrogens is 456 g/mol. The quantitative estimate of drug-likeness (QED) is 0.255. The van der Waals surface area contributed by atoms with Crippen molar-refractivity contribution < 1.29 is 18.7 Å². The lowest BCUT2D eigenvalue weighted by atomic mass is 10.0. The molecule has 160 valence electrons. The van der Waals surface area contributed by atoms with Crippen molar-refractivity contribution >= 4 is 23.5 Å². The molecule has 0 radical (unpaired) electrons. The Balaban J connectivity index is 1.68. The van der Waals surface area contributed by atoms with Gasteiger partial charge in [-0.2, -0.15) is 0 Å². The largest absolute Gasteiger partial charge is 0.325 e. The van der Waals surface area contributed by atoms with Crippen LogP contribution >= 0.6 is 23.5 Å². The zero-order valence-electron chi connectivity index (χ0n) is 16.6. The van der Waals surface area contributed by atoms with Gasteiger partial charge in [-0.25, -0.2) is 4.39 Å². The maximum absolute atomic E-state index is 14.4. The van der Waals surface area contributed by atoms with Crippen molar-refractivity contribution in [3.63, 3.8) is 0 Å². The molecule has 0 amide bonds. The highest BCUT2D eigenvalue weighted by atomic mass is 79.9. The van der Waals surface area contributed by atoms with Crippen LogP contribution in [0.2, 0.25) is 0 Å². The van der Waals surface area contributed by atoms with Crippen molar-refractivity contribution in [1.29, 1.82) is 0 Å². The van der Waals surface area contributed by atoms with Gasteiger partial charge in [-0.3, -0.25) is 4.57 Å². The van der Waals surface area contributed by atoms with Gasteiger partial charge < -0.3 is 15.1 Å². The number of halogens is 2. The Bertz CT molecular complexity index is 798. The van der Waals surface area contributed by atoms with Gasteiger partial charge in [-0.1, -0.05) is 59.1 Å². The molecule has 0 fully saturated rings. The second kappa shape index (κ2) is 12.6. The Morgan fingerprint density at radius 3 is 2.31 bits per heavy atom. The first-order chi connectivity index (χ1) is 13.8. The summed E-state index contributed by atoms with van der Waals surface area (Å²) in [6.07, 6.45) is 6.43. The fourth-order valence-electron chi connectivity index (χ4n) is 3.23. The fourth-order valence-corrected chi connectivity index (χ4v) is 4.33. The second-order valence-electron chi connectivity index (χ2n) is 7.35. The van der Waals surface area contributed by atoms with Crippen molar-refractivity contribution in [2.24, 2.45) is 0 Å². The Hall–Kier alpha value is -1.04. The van der Waals surface area contributed by atoms with Gasteiger partial charge in [0.05, 0.1) is 6.16 Å². The topological polar surface area (TPSA) is 69.6 Å². The molecule has 0 saturated carbocycles. The molecule has 4 nitrogen and oxygen atoms in total. The van der Waals surface area contributed by atoms with Gasteiger partial charge in [0.25, 0.3) is 0 Å². The van der Waals surface area contributed by atoms with Gasteiger partial charge in [0.1, 0.15) is 5.82 Å². The van der Waals surface area contributed by atoms with E-state index < -0.39 is 7.60 Å². The molecular formula is C22H30BrFNO3P. The van der Waals surface area contributed by atoms with E-state index in [0.717, 1.165) is 54.1 Å². The summed E-state index contributed by atoms with van der Waals surface area (Å²) in [6.45, 7) is 0.933. The van der Waals surface area contributed by atoms with Crippen molar-refractivity contribution in [1.82, 2.24) is 5.32 Å². The number of unbranched alkanes of at least 4 members (excludes halogenated alkanes) is 3. The van der Waals surface area contributed by atoms with E-state index in [9.17, 15) is 8.96 Å². The third kappa shape index (κ3) is 10.0. The lowest BCUT2D eigenvalue weighted by molar-refractivity contribution is 0.371. The van der Waals surface area contributed by atoms with Crippen LogP contribution in [0.3, 0.4) is 0 Å². The van der Waals surface area contributed by atoms with Crippen molar-refractivity contribution in [2.45, 2.75) is 51.5 Å². The molecule has 0 unspecified atom stereocenters. The monoisotopic (exact) mass is 485 g/mol. The highest BCUT2D eigenvalue weighted by molar-refractivity contribution is 9.10. The Morgan fingerprint density at radius 2 is 1.62 bits per heavy atom. The summed E-state index contributed by atoms with van der Waals surface area (Å²) in [5.74, 6) is -0.190. The van der Waals surface area contributed by atoms with Crippen LogP contribution < -0.4 is 5.32 Å². The molecule has 0 saturated heterocycles. The molecule has 7 heteroatoms. The Kier molecular flexibility index (Phi) is 10.5. The summed E-state index contributed by atoms with van der Waals surface area (Å²) in [7, 11) is -3.95. The van der Waals surface area contributed by atoms with Gasteiger partial charge in [0.15, 0.2) is 0 Å². The number of aryl methyl sites for hydroxylation is 2. The minimum absolute atomic E-state index is 0.139. The summed E-state index contributed by atoms with van der Waals surface area (Å²) in [5.41, 5.74) is 2.91. The third-order valence-electron chi connectivity index (χ3n) is 4.84. The van der Waals surface area contributed by atoms with Crippen LogP contribution in [0.1, 0.15) is 48.8 Å². The number of hydrogen-bond acceptors (Lipinski definition) is 2. The Labute approximate surface area is 181 Å². The molecule has 2 rings (SSSR count). The van der Waals surface area contributed by atoms with Gasteiger partial charge in [0, 0.05) is 11.0 Å². The van der Waals surface area contributed by atoms with E-state index >= 15 is 0 Å². The number of benzene rings is 2. The minimum atomic E-state index is -3.95. The molecule has 0 heterocycles. The summed E-state index contributed by atoms with van der Waals surface area (Å²) in [4.78, 5) is 17.7. The van der Waals surface area contributed by atoms with Gasteiger partial charge >= 0.3 is 7.60 Å². The molecule has 0 aromatic heterocycles. The van der Waals surface area contributed by atoms with Gasteiger partial charge in [0.2, 0.25) is 0 Å². The molecule has 0 atom stereocenters. The van der Waals surface area contributed by atoms with Crippen molar-refractivity contribution in [2.75, 3.05) is 12.7 Å². The summed E-state index contributed by atoms with van der Waals surface area (Å²) >= 11 is 3.51. The number of rotatable bonds is 13. The molecule has 3 N–H and O–H groups in total. The minimum Gasteiger partial charge on any atom is -0.324 e. The first-order valence-electron chi connectivity index (χ1n) is 10.1. The zero-order chi connectivity index (χ0) is 21.1. The average Bonchev–Trinajstić information content (AvgIpc) is 2.67. The zero-order valence-corrected chi connectivity index (χ0v) is 19.1. The predicted octanol–water partition coefficient (Wildman–Crippen LogP) is 5.59. The van der Waals surface area contributed by atoms with Crippen molar-refractivity contribution in [3.8, 4) is 0 Å². The second-order valence-corrected chi connectivity index (χ2v) is 9.98. The SMILES string of the molecule is O=P(O)(O)CCCNCc1cc(F)c(CCCCCCc2ccccc2)cc1Br. The Morgan fingerprint density at radius 1 is 0.931 bits per heavy atom. The van der Waals surface area contributed by atoms with Crippen LogP contribution in [0.25, 0.3) is 0 Å². The van der Waals surface area contributed by atoms with Gasteiger partial charge in [-0.15, -0.1) is 0 Å². The summed E-state index contributed by atoms with van der Waals surface area (Å²) in [5, 5.41) is 3.10. The average molecular weight is 486 g/mol. The van der Waals surface area contributed by atoms with E-state index in [1.54, 1.807) is 6.07 Å². The maximum atomic E-state index is 14.4. The van der Waals surface area contributed by atoms with E-state index in [4.69, 9.17) is 9.79 Å². The standard InChI is InChI=1S/C22H30BrFNO3P/c23-21-15-19(12-7-2-1-4-9-18-10-5-3-6-11-18)22(24)16-20(21)17-25-13-8-14-29(26,27)28/h3,5-6,10-11,15-16,25H,1-2,4,7-9,12-14,17H2,(H2,26,27,28). The van der Waals surface area contributed by atoms with E-state index in [-0.39, 0.29) is 12.0 Å². The predicted molar refractivity (Wildman–Crippen MR) is 120 cm³/mol. The summed E-state index contributed by atoms with van der Waals surface area (Å²) in [6, 6.07) is 13.9. The van der Waals surface area contributed by atoms with E-state index in [1.165, 1.54) is 5.56 Å². The van der Waals surface area contributed by atoms with Crippen LogP contribution in [-0.4, -0.2) is 22.5 Å². The third-order valence-corrected chi connectivity index (χ3v) is 6.48. The first-order valence-corrected chi connectivity index (χ1v) is 12.7. The lowest BCUT2D eigenvalue weighted by Gasteiger charge is -2.11. The molecule has 0 aliphatic carbocycles. The van der Waals surface area contributed by atoms with Crippen LogP contribution in [-0.2, 0) is 24.0 Å². The van der Waals surface area contributed by atoms with E-state index in [1.807, 2.05) is 12.1 Å². The first kappa shape index (κ1) is 24.2. The normalized spacial score (nSPS) is 11.7. The summed E-state index contributed by atoms with van der Waals surface area (Å²) < 4.78 is 26.1. The number of hydrogen-bond donors (Lipinski definition) is 3. The van der Waals surface area contributed by atoms with Crippen LogP contribution in [0, 0.1) is 5.82 Å². The van der Waals surface area contributed by atoms with Crippen LogP contribution in [0.4, 0.5) is 4.39 Å². The molecule has 29 heavy (non-hydrogen) atoms. The highest BCUT2D eigenvalue weighted by Crippen LogP contribution is 2.34. The van der Waals surface area contributed by atoms with Crippen LogP contribution in [0.15, 0.2) is 46.9 Å². The van der Waals surface area contributed by atoms with Crippen LogP contribution in [0.5, 0.6) is 0 Å². The molecule has 0 aliphatic rings.